The molecule has 23 heavy (non-hydrogen) atoms. The molecule has 0 bridgehead atoms. The molecule has 0 radical (unpaired) electrons. The summed E-state index contributed by atoms with van der Waals surface area (Å²) in [4.78, 5) is 2.44. The predicted molar refractivity (Wildman–Crippen MR) is 95.8 cm³/mol. The van der Waals surface area contributed by atoms with Crippen LogP contribution in [-0.2, 0) is 11.3 Å². The number of morpholine rings is 1. The molecular formula is C17H26Cl2N2O2. The Morgan fingerprint density at radius 3 is 2.78 bits per heavy atom. The molecule has 130 valence electrons. The molecule has 0 aliphatic carbocycles. The summed E-state index contributed by atoms with van der Waals surface area (Å²) in [5.74, 6) is 0.749. The number of benzene rings is 1. The van der Waals surface area contributed by atoms with E-state index < -0.39 is 0 Å². The molecule has 4 nitrogen and oxygen atoms in total. The van der Waals surface area contributed by atoms with Gasteiger partial charge in [-0.3, -0.25) is 4.90 Å². The highest BCUT2D eigenvalue weighted by Gasteiger charge is 2.11. The molecule has 0 saturated carbocycles. The molecule has 1 heterocycles. The van der Waals surface area contributed by atoms with Crippen molar-refractivity contribution >= 4 is 23.2 Å². The van der Waals surface area contributed by atoms with Crippen molar-refractivity contribution in [2.75, 3.05) is 46.0 Å². The number of rotatable bonds is 9. The van der Waals surface area contributed by atoms with Crippen LogP contribution in [0.3, 0.4) is 0 Å². The van der Waals surface area contributed by atoms with E-state index in [4.69, 9.17) is 32.7 Å². The molecule has 2 rings (SSSR count). The summed E-state index contributed by atoms with van der Waals surface area (Å²) in [6.45, 7) is 9.29. The summed E-state index contributed by atoms with van der Waals surface area (Å²) in [5.41, 5.74) is 1.02. The number of nitrogens with one attached hydrogen (secondary N) is 1. The Morgan fingerprint density at radius 1 is 1.26 bits per heavy atom. The first-order chi connectivity index (χ1) is 11.2. The molecule has 0 aromatic heterocycles. The average molecular weight is 361 g/mol. The van der Waals surface area contributed by atoms with Crippen LogP contribution in [0.15, 0.2) is 12.1 Å². The maximum Gasteiger partial charge on any atom is 0.142 e. The lowest BCUT2D eigenvalue weighted by molar-refractivity contribution is 0.0374. The standard InChI is InChI=1S/C17H26Cl2N2O2/c1-2-8-23-17-14(11-15(18)12-16(17)19)13-20-4-3-5-21-6-9-22-10-7-21/h11-12,20H,2-10,13H2,1H3. The second-order valence-corrected chi connectivity index (χ2v) is 6.55. The number of nitrogens with zero attached hydrogens (tertiary/aromatic N) is 1. The van der Waals surface area contributed by atoms with Gasteiger partial charge in [0.2, 0.25) is 0 Å². The van der Waals surface area contributed by atoms with Crippen LogP contribution >= 0.6 is 23.2 Å². The first kappa shape index (κ1) is 18.8. The zero-order valence-electron chi connectivity index (χ0n) is 13.7. The van der Waals surface area contributed by atoms with Crippen LogP contribution in [0.5, 0.6) is 5.75 Å². The molecule has 1 saturated heterocycles. The van der Waals surface area contributed by atoms with Gasteiger partial charge in [0.25, 0.3) is 0 Å². The molecular weight excluding hydrogens is 335 g/mol. The third-order valence-electron chi connectivity index (χ3n) is 3.78. The molecule has 1 aromatic carbocycles. The zero-order valence-corrected chi connectivity index (χ0v) is 15.3. The Labute approximate surface area is 149 Å². The second-order valence-electron chi connectivity index (χ2n) is 5.71. The van der Waals surface area contributed by atoms with Crippen LogP contribution in [-0.4, -0.2) is 50.9 Å². The number of hydrogen-bond acceptors (Lipinski definition) is 4. The first-order valence-corrected chi connectivity index (χ1v) is 9.08. The Bertz CT molecular complexity index is 480. The van der Waals surface area contributed by atoms with Crippen molar-refractivity contribution in [2.45, 2.75) is 26.3 Å². The summed E-state index contributed by atoms with van der Waals surface area (Å²) in [6.07, 6.45) is 2.06. The van der Waals surface area contributed by atoms with Gasteiger partial charge in [-0.05, 0) is 38.1 Å². The number of hydrogen-bond donors (Lipinski definition) is 1. The Kier molecular flexibility index (Phi) is 8.48. The Hall–Kier alpha value is -0.520. The molecule has 6 heteroatoms. The fraction of sp³-hybridized carbons (Fsp3) is 0.647. The van der Waals surface area contributed by atoms with Gasteiger partial charge in [0, 0.05) is 30.2 Å². The van der Waals surface area contributed by atoms with E-state index in [1.165, 1.54) is 0 Å². The minimum absolute atomic E-state index is 0.580. The molecule has 1 aliphatic rings. The van der Waals surface area contributed by atoms with E-state index in [9.17, 15) is 0 Å². The minimum atomic E-state index is 0.580. The lowest BCUT2D eigenvalue weighted by Gasteiger charge is -2.26. The Morgan fingerprint density at radius 2 is 2.04 bits per heavy atom. The maximum absolute atomic E-state index is 6.26. The largest absolute Gasteiger partial charge is 0.492 e. The zero-order chi connectivity index (χ0) is 16.5. The molecule has 1 N–H and O–H groups in total. The van der Waals surface area contributed by atoms with Crippen LogP contribution in [0.4, 0.5) is 0 Å². The fourth-order valence-corrected chi connectivity index (χ4v) is 3.18. The van der Waals surface area contributed by atoms with E-state index in [-0.39, 0.29) is 0 Å². The third kappa shape index (κ3) is 6.48. The van der Waals surface area contributed by atoms with Gasteiger partial charge < -0.3 is 14.8 Å². The summed E-state index contributed by atoms with van der Waals surface area (Å²) in [7, 11) is 0. The van der Waals surface area contributed by atoms with E-state index in [1.807, 2.05) is 6.07 Å². The molecule has 0 unspecified atom stereocenters. The molecule has 1 aromatic rings. The maximum atomic E-state index is 6.26. The smallest absolute Gasteiger partial charge is 0.142 e. The van der Waals surface area contributed by atoms with Gasteiger partial charge in [-0.15, -0.1) is 0 Å². The van der Waals surface area contributed by atoms with Crippen LogP contribution in [0.2, 0.25) is 10.0 Å². The molecule has 0 amide bonds. The van der Waals surface area contributed by atoms with E-state index in [1.54, 1.807) is 6.07 Å². The average Bonchev–Trinajstić information content (AvgIpc) is 2.54. The van der Waals surface area contributed by atoms with Crippen molar-refractivity contribution in [2.24, 2.45) is 0 Å². The van der Waals surface area contributed by atoms with E-state index >= 15 is 0 Å². The summed E-state index contributed by atoms with van der Waals surface area (Å²) < 4.78 is 11.1. The quantitative estimate of drug-likeness (QED) is 0.682. The number of halogens is 2. The highest BCUT2D eigenvalue weighted by Crippen LogP contribution is 2.32. The van der Waals surface area contributed by atoms with Crippen LogP contribution < -0.4 is 10.1 Å². The highest BCUT2D eigenvalue weighted by molar-refractivity contribution is 6.35. The molecule has 0 spiro atoms. The van der Waals surface area contributed by atoms with E-state index in [0.29, 0.717) is 23.2 Å². The topological polar surface area (TPSA) is 33.7 Å². The molecule has 0 atom stereocenters. The van der Waals surface area contributed by atoms with Gasteiger partial charge in [0.05, 0.1) is 24.8 Å². The summed E-state index contributed by atoms with van der Waals surface area (Å²) in [5, 5.41) is 4.68. The van der Waals surface area contributed by atoms with Gasteiger partial charge in [0.1, 0.15) is 5.75 Å². The van der Waals surface area contributed by atoms with Gasteiger partial charge in [-0.25, -0.2) is 0 Å². The van der Waals surface area contributed by atoms with Crippen molar-refractivity contribution < 1.29 is 9.47 Å². The summed E-state index contributed by atoms with van der Waals surface area (Å²) in [6, 6.07) is 3.66. The second kappa shape index (κ2) is 10.4. The molecule has 1 fully saturated rings. The van der Waals surface area contributed by atoms with Crippen LogP contribution in [0.1, 0.15) is 25.3 Å². The SMILES string of the molecule is CCCOc1c(Cl)cc(Cl)cc1CNCCCN1CCOCC1. The van der Waals surface area contributed by atoms with Crippen molar-refractivity contribution in [3.05, 3.63) is 27.7 Å². The Balaban J connectivity index is 1.77. The fourth-order valence-electron chi connectivity index (χ4n) is 2.59. The van der Waals surface area contributed by atoms with E-state index in [0.717, 1.165) is 63.5 Å². The first-order valence-electron chi connectivity index (χ1n) is 8.32. The van der Waals surface area contributed by atoms with E-state index in [2.05, 4.69) is 17.1 Å². The van der Waals surface area contributed by atoms with Crippen LogP contribution in [0, 0.1) is 0 Å². The third-order valence-corrected chi connectivity index (χ3v) is 4.28. The normalized spacial score (nSPS) is 15.8. The van der Waals surface area contributed by atoms with Crippen molar-refractivity contribution in [1.29, 1.82) is 0 Å². The van der Waals surface area contributed by atoms with Gasteiger partial charge >= 0.3 is 0 Å². The summed E-state index contributed by atoms with van der Waals surface area (Å²) >= 11 is 12.4. The minimum Gasteiger partial charge on any atom is -0.492 e. The van der Waals surface area contributed by atoms with Gasteiger partial charge in [0.15, 0.2) is 0 Å². The van der Waals surface area contributed by atoms with Gasteiger partial charge in [-0.2, -0.15) is 0 Å². The van der Waals surface area contributed by atoms with Crippen LogP contribution in [0.25, 0.3) is 0 Å². The predicted octanol–water partition coefficient (Wildman–Crippen LogP) is 3.59. The van der Waals surface area contributed by atoms with Crippen molar-refractivity contribution in [3.8, 4) is 5.75 Å². The molecule has 1 aliphatic heterocycles. The van der Waals surface area contributed by atoms with Gasteiger partial charge in [-0.1, -0.05) is 30.1 Å². The lowest BCUT2D eigenvalue weighted by Crippen LogP contribution is -2.37. The lowest BCUT2D eigenvalue weighted by atomic mass is 10.2. The van der Waals surface area contributed by atoms with Crippen molar-refractivity contribution in [1.82, 2.24) is 10.2 Å². The monoisotopic (exact) mass is 360 g/mol. The van der Waals surface area contributed by atoms with Crippen molar-refractivity contribution in [3.63, 3.8) is 0 Å². The highest BCUT2D eigenvalue weighted by atomic mass is 35.5. The number of ether oxygens (including phenoxy) is 2.